The first-order chi connectivity index (χ1) is 9.11. The molecule has 0 atom stereocenters. The van der Waals surface area contributed by atoms with Crippen LogP contribution in [0.5, 0.6) is 5.75 Å². The van der Waals surface area contributed by atoms with Crippen LogP contribution in [0.15, 0.2) is 48.5 Å². The van der Waals surface area contributed by atoms with E-state index in [0.29, 0.717) is 17.8 Å². The maximum absolute atomic E-state index is 12.9. The van der Waals surface area contributed by atoms with Gasteiger partial charge in [-0.15, -0.1) is 0 Å². The number of phenols is 1. The van der Waals surface area contributed by atoms with Crippen molar-refractivity contribution in [2.24, 2.45) is 0 Å². The Balaban J connectivity index is 2.31. The summed E-state index contributed by atoms with van der Waals surface area (Å²) in [6.45, 7) is 2.30. The molecule has 0 unspecified atom stereocenters. The van der Waals surface area contributed by atoms with Gasteiger partial charge >= 0.3 is 0 Å². The van der Waals surface area contributed by atoms with Crippen molar-refractivity contribution in [2.75, 3.05) is 11.4 Å². The minimum atomic E-state index is -0.343. The van der Waals surface area contributed by atoms with E-state index in [-0.39, 0.29) is 17.5 Å². The predicted molar refractivity (Wildman–Crippen MR) is 71.9 cm³/mol. The van der Waals surface area contributed by atoms with Gasteiger partial charge in [-0.1, -0.05) is 6.07 Å². The van der Waals surface area contributed by atoms with Crippen molar-refractivity contribution < 1.29 is 14.3 Å². The molecule has 2 rings (SSSR count). The minimum Gasteiger partial charge on any atom is -0.508 e. The smallest absolute Gasteiger partial charge is 0.258 e. The van der Waals surface area contributed by atoms with Crippen LogP contribution in [-0.2, 0) is 0 Å². The van der Waals surface area contributed by atoms with Gasteiger partial charge in [0.15, 0.2) is 0 Å². The average Bonchev–Trinajstić information content (AvgIpc) is 2.41. The Morgan fingerprint density at radius 2 is 1.89 bits per heavy atom. The van der Waals surface area contributed by atoms with Gasteiger partial charge in [0.1, 0.15) is 11.6 Å². The lowest BCUT2D eigenvalue weighted by Crippen LogP contribution is -2.30. The van der Waals surface area contributed by atoms with E-state index in [9.17, 15) is 14.3 Å². The Morgan fingerprint density at radius 1 is 1.21 bits per heavy atom. The summed E-state index contributed by atoms with van der Waals surface area (Å²) in [5, 5.41) is 9.40. The monoisotopic (exact) mass is 259 g/mol. The molecule has 2 aromatic carbocycles. The van der Waals surface area contributed by atoms with Crippen molar-refractivity contribution in [1.82, 2.24) is 0 Å². The molecule has 4 heteroatoms. The summed E-state index contributed by atoms with van der Waals surface area (Å²) in [4.78, 5) is 13.9. The third-order valence-corrected chi connectivity index (χ3v) is 2.79. The maximum Gasteiger partial charge on any atom is 0.258 e. The highest BCUT2D eigenvalue weighted by Gasteiger charge is 2.16. The lowest BCUT2D eigenvalue weighted by atomic mass is 10.1. The summed E-state index contributed by atoms with van der Waals surface area (Å²) < 4.78 is 12.9. The van der Waals surface area contributed by atoms with Crippen LogP contribution in [0.3, 0.4) is 0 Å². The summed E-state index contributed by atoms with van der Waals surface area (Å²) in [7, 11) is 0. The molecule has 0 bridgehead atoms. The van der Waals surface area contributed by atoms with Crippen molar-refractivity contribution in [3.05, 3.63) is 59.9 Å². The fraction of sp³-hybridized carbons (Fsp3) is 0.133. The zero-order valence-corrected chi connectivity index (χ0v) is 10.5. The number of hydrogen-bond acceptors (Lipinski definition) is 2. The van der Waals surface area contributed by atoms with Crippen LogP contribution in [0.2, 0.25) is 0 Å². The second kappa shape index (κ2) is 5.52. The number of halogens is 1. The molecule has 0 aliphatic rings. The first-order valence-corrected chi connectivity index (χ1v) is 5.98. The SMILES string of the molecule is CCN(C(=O)c1cccc(O)c1)c1ccc(F)cc1. The zero-order chi connectivity index (χ0) is 13.8. The number of nitrogens with zero attached hydrogens (tertiary/aromatic N) is 1. The van der Waals surface area contributed by atoms with Crippen LogP contribution in [0.4, 0.5) is 10.1 Å². The Hall–Kier alpha value is -2.36. The highest BCUT2D eigenvalue weighted by Crippen LogP contribution is 2.19. The van der Waals surface area contributed by atoms with Crippen molar-refractivity contribution in [2.45, 2.75) is 6.92 Å². The summed E-state index contributed by atoms with van der Waals surface area (Å²) >= 11 is 0. The molecule has 0 saturated carbocycles. The molecule has 98 valence electrons. The molecule has 0 aromatic heterocycles. The predicted octanol–water partition coefficient (Wildman–Crippen LogP) is 3.20. The van der Waals surface area contributed by atoms with Gasteiger partial charge in [-0.2, -0.15) is 0 Å². The Kier molecular flexibility index (Phi) is 3.80. The van der Waals surface area contributed by atoms with E-state index in [2.05, 4.69) is 0 Å². The highest BCUT2D eigenvalue weighted by atomic mass is 19.1. The second-order valence-corrected chi connectivity index (χ2v) is 4.08. The van der Waals surface area contributed by atoms with E-state index < -0.39 is 0 Å². The third kappa shape index (κ3) is 2.91. The summed E-state index contributed by atoms with van der Waals surface area (Å²) in [6, 6.07) is 11.9. The number of carbonyl (C=O) groups excluding carboxylic acids is 1. The standard InChI is InChI=1S/C15H14FNO2/c1-2-17(13-8-6-12(16)7-9-13)15(19)11-4-3-5-14(18)10-11/h3-10,18H,2H2,1H3. The Morgan fingerprint density at radius 3 is 2.47 bits per heavy atom. The Labute approximate surface area is 110 Å². The van der Waals surface area contributed by atoms with Crippen LogP contribution in [0, 0.1) is 5.82 Å². The summed E-state index contributed by atoms with van der Waals surface area (Å²) in [5.41, 5.74) is 1.02. The van der Waals surface area contributed by atoms with E-state index in [1.54, 1.807) is 24.3 Å². The number of carbonyl (C=O) groups is 1. The molecule has 3 nitrogen and oxygen atoms in total. The molecule has 0 aliphatic heterocycles. The van der Waals surface area contributed by atoms with Crippen LogP contribution < -0.4 is 4.90 Å². The van der Waals surface area contributed by atoms with Gasteiger partial charge in [0.25, 0.3) is 5.91 Å². The van der Waals surface area contributed by atoms with Gasteiger partial charge in [-0.05, 0) is 49.4 Å². The highest BCUT2D eigenvalue weighted by molar-refractivity contribution is 6.06. The van der Waals surface area contributed by atoms with E-state index >= 15 is 0 Å². The van der Waals surface area contributed by atoms with Crippen LogP contribution in [0.25, 0.3) is 0 Å². The van der Waals surface area contributed by atoms with Gasteiger partial charge in [0.2, 0.25) is 0 Å². The molecule has 0 saturated heterocycles. The Bertz CT molecular complexity index is 581. The van der Waals surface area contributed by atoms with E-state index in [0.717, 1.165) is 0 Å². The molecule has 0 spiro atoms. The molecule has 19 heavy (non-hydrogen) atoms. The van der Waals surface area contributed by atoms with Crippen molar-refractivity contribution >= 4 is 11.6 Å². The number of amides is 1. The summed E-state index contributed by atoms with van der Waals surface area (Å²) in [6.07, 6.45) is 0. The lowest BCUT2D eigenvalue weighted by Gasteiger charge is -2.21. The van der Waals surface area contributed by atoms with Gasteiger partial charge in [0.05, 0.1) is 0 Å². The summed E-state index contributed by atoms with van der Waals surface area (Å²) in [5.74, 6) is -0.532. The normalized spacial score (nSPS) is 10.2. The first kappa shape index (κ1) is 13.1. The van der Waals surface area contributed by atoms with Crippen molar-refractivity contribution in [3.63, 3.8) is 0 Å². The van der Waals surface area contributed by atoms with Gasteiger partial charge in [0, 0.05) is 17.8 Å². The largest absolute Gasteiger partial charge is 0.508 e. The number of aromatic hydroxyl groups is 1. The average molecular weight is 259 g/mol. The fourth-order valence-electron chi connectivity index (χ4n) is 1.86. The van der Waals surface area contributed by atoms with Crippen LogP contribution in [0.1, 0.15) is 17.3 Å². The van der Waals surface area contributed by atoms with Crippen molar-refractivity contribution in [1.29, 1.82) is 0 Å². The maximum atomic E-state index is 12.9. The second-order valence-electron chi connectivity index (χ2n) is 4.08. The van der Waals surface area contributed by atoms with E-state index in [1.807, 2.05) is 6.92 Å². The number of rotatable bonds is 3. The van der Waals surface area contributed by atoms with E-state index in [4.69, 9.17) is 0 Å². The topological polar surface area (TPSA) is 40.5 Å². The number of hydrogen-bond donors (Lipinski definition) is 1. The van der Waals surface area contributed by atoms with E-state index in [1.165, 1.54) is 29.2 Å². The molecule has 1 N–H and O–H groups in total. The zero-order valence-electron chi connectivity index (χ0n) is 10.5. The first-order valence-electron chi connectivity index (χ1n) is 5.98. The van der Waals surface area contributed by atoms with Gasteiger partial charge < -0.3 is 10.0 Å². The molecule has 1 amide bonds. The number of anilines is 1. The molecular weight excluding hydrogens is 245 g/mol. The molecule has 0 heterocycles. The van der Waals surface area contributed by atoms with Gasteiger partial charge in [-0.25, -0.2) is 4.39 Å². The third-order valence-electron chi connectivity index (χ3n) is 2.79. The minimum absolute atomic E-state index is 0.0426. The molecule has 0 aliphatic carbocycles. The number of phenolic OH excluding ortho intramolecular Hbond substituents is 1. The molecule has 0 fully saturated rings. The molecule has 0 radical (unpaired) electrons. The van der Waals surface area contributed by atoms with Crippen LogP contribution in [-0.4, -0.2) is 17.6 Å². The lowest BCUT2D eigenvalue weighted by molar-refractivity contribution is 0.0988. The quantitative estimate of drug-likeness (QED) is 0.919. The molecule has 2 aromatic rings. The molecular formula is C15H14FNO2. The van der Waals surface area contributed by atoms with Crippen LogP contribution >= 0.6 is 0 Å². The number of benzene rings is 2. The fourth-order valence-corrected chi connectivity index (χ4v) is 1.86. The van der Waals surface area contributed by atoms with Crippen molar-refractivity contribution in [3.8, 4) is 5.75 Å². The van der Waals surface area contributed by atoms with Gasteiger partial charge in [-0.3, -0.25) is 4.79 Å².